The van der Waals surface area contributed by atoms with E-state index in [1.807, 2.05) is 0 Å². The fraction of sp³-hybridized carbons (Fsp3) is 0.531. The molecule has 2 fully saturated rings. The number of benzene rings is 2. The van der Waals surface area contributed by atoms with Gasteiger partial charge in [-0.3, -0.25) is 0 Å². The summed E-state index contributed by atoms with van der Waals surface area (Å²) in [5.74, 6) is 0.736. The van der Waals surface area contributed by atoms with Gasteiger partial charge in [-0.15, -0.1) is 0 Å². The summed E-state index contributed by atoms with van der Waals surface area (Å²) in [5.41, 5.74) is 7.79. The lowest BCUT2D eigenvalue weighted by molar-refractivity contribution is -0.659. The van der Waals surface area contributed by atoms with Crippen LogP contribution in [0.1, 0.15) is 81.4 Å². The lowest BCUT2D eigenvalue weighted by Gasteiger charge is -2.40. The number of aromatic nitrogens is 1. The smallest absolute Gasteiger partial charge is 0.200 e. The van der Waals surface area contributed by atoms with E-state index < -0.39 is 8.07 Å². The van der Waals surface area contributed by atoms with Crippen LogP contribution in [-0.2, 0) is 7.05 Å². The Balaban J connectivity index is 1.59. The lowest BCUT2D eigenvalue weighted by Crippen LogP contribution is -2.48. The minimum atomic E-state index is -1.39. The predicted octanol–water partition coefficient (Wildman–Crippen LogP) is 8.10. The van der Waals surface area contributed by atoms with Gasteiger partial charge < -0.3 is 0 Å². The predicted molar refractivity (Wildman–Crippen MR) is 150 cm³/mol. The minimum absolute atomic E-state index is 0.531. The van der Waals surface area contributed by atoms with E-state index in [9.17, 15) is 0 Å². The maximum Gasteiger partial charge on any atom is 0.220 e. The topological polar surface area (TPSA) is 3.88 Å². The van der Waals surface area contributed by atoms with Crippen LogP contribution in [-0.4, -0.2) is 8.07 Å². The Morgan fingerprint density at radius 3 is 2.32 bits per heavy atom. The van der Waals surface area contributed by atoms with Gasteiger partial charge >= 0.3 is 0 Å². The second kappa shape index (κ2) is 8.93. The molecule has 2 heteroatoms. The van der Waals surface area contributed by atoms with Crippen molar-refractivity contribution >= 4 is 24.0 Å². The van der Waals surface area contributed by atoms with Crippen LogP contribution in [0.15, 0.2) is 42.6 Å². The van der Waals surface area contributed by atoms with E-state index in [4.69, 9.17) is 0 Å². The fourth-order valence-corrected chi connectivity index (χ4v) is 10.9. The van der Waals surface area contributed by atoms with Gasteiger partial charge in [0.1, 0.15) is 7.05 Å². The molecule has 0 spiro atoms. The summed E-state index contributed by atoms with van der Waals surface area (Å²) in [6, 6.07) is 17.8. The van der Waals surface area contributed by atoms with Gasteiger partial charge in [-0.25, -0.2) is 4.57 Å². The zero-order valence-corrected chi connectivity index (χ0v) is 23.4. The molecule has 34 heavy (non-hydrogen) atoms. The summed E-state index contributed by atoms with van der Waals surface area (Å²) in [4.78, 5) is 0. The number of aryl methyl sites for hydroxylation is 2. The quantitative estimate of drug-likeness (QED) is 0.269. The number of nitrogens with zero attached hydrogens (tertiary/aromatic N) is 1. The summed E-state index contributed by atoms with van der Waals surface area (Å²) >= 11 is 0. The highest BCUT2D eigenvalue weighted by Gasteiger charge is 2.38. The van der Waals surface area contributed by atoms with Crippen LogP contribution in [0, 0.1) is 19.3 Å². The Morgan fingerprint density at radius 2 is 1.62 bits per heavy atom. The van der Waals surface area contributed by atoms with Crippen LogP contribution in [0.4, 0.5) is 0 Å². The molecule has 2 aromatic carbocycles. The van der Waals surface area contributed by atoms with Gasteiger partial charge in [0.25, 0.3) is 0 Å². The van der Waals surface area contributed by atoms with Gasteiger partial charge in [0.2, 0.25) is 5.69 Å². The largest absolute Gasteiger partial charge is 0.220 e. The highest BCUT2D eigenvalue weighted by molar-refractivity contribution is 6.91. The van der Waals surface area contributed by atoms with Crippen LogP contribution in [0.5, 0.6) is 0 Å². The Morgan fingerprint density at radius 1 is 0.912 bits per heavy atom. The number of pyridine rings is 1. The van der Waals surface area contributed by atoms with Gasteiger partial charge in [0, 0.05) is 6.07 Å². The SMILES string of the molecule is Cc1cc(C2CCCCC2)cc(-c2c3ccc([Si]4(C)CCC(C)(C)CC4)cc3cc[n+]2C)c1C. The molecule has 0 N–H and O–H groups in total. The molecule has 1 aliphatic heterocycles. The second-order valence-electron chi connectivity index (χ2n) is 12.6. The van der Waals surface area contributed by atoms with E-state index in [2.05, 4.69) is 88.5 Å². The van der Waals surface area contributed by atoms with Crippen molar-refractivity contribution in [1.82, 2.24) is 0 Å². The van der Waals surface area contributed by atoms with E-state index in [1.165, 1.54) is 90.2 Å². The van der Waals surface area contributed by atoms with Crippen LogP contribution in [0.3, 0.4) is 0 Å². The van der Waals surface area contributed by atoms with Crippen LogP contribution < -0.4 is 9.75 Å². The van der Waals surface area contributed by atoms with E-state index in [0.29, 0.717) is 5.41 Å². The van der Waals surface area contributed by atoms with E-state index >= 15 is 0 Å². The molecule has 180 valence electrons. The van der Waals surface area contributed by atoms with Crippen molar-refractivity contribution in [3.05, 3.63) is 59.3 Å². The van der Waals surface area contributed by atoms with E-state index in [0.717, 1.165) is 5.92 Å². The molecule has 5 rings (SSSR count). The molecule has 0 amide bonds. The number of rotatable bonds is 3. The third kappa shape index (κ3) is 4.39. The molecule has 2 heterocycles. The molecule has 1 saturated carbocycles. The first-order valence-corrected chi connectivity index (χ1v) is 16.6. The fourth-order valence-electron chi connectivity index (χ4n) is 6.66. The number of hydrogen-bond acceptors (Lipinski definition) is 0. The number of hydrogen-bond donors (Lipinski definition) is 0. The van der Waals surface area contributed by atoms with Crippen LogP contribution in [0.2, 0.25) is 18.6 Å². The third-order valence-corrected chi connectivity index (χ3v) is 14.0. The first-order chi connectivity index (χ1) is 16.2. The molecule has 0 radical (unpaired) electrons. The summed E-state index contributed by atoms with van der Waals surface area (Å²) in [6.07, 6.45) is 11.9. The molecule has 1 aromatic heterocycles. The van der Waals surface area contributed by atoms with Gasteiger partial charge in [0.15, 0.2) is 6.20 Å². The highest BCUT2D eigenvalue weighted by Crippen LogP contribution is 2.41. The van der Waals surface area contributed by atoms with Crippen molar-refractivity contribution in [2.24, 2.45) is 12.5 Å². The third-order valence-electron chi connectivity index (χ3n) is 9.56. The molecular weight excluding hydrogens is 426 g/mol. The number of fused-ring (bicyclic) bond motifs is 1. The van der Waals surface area contributed by atoms with Gasteiger partial charge in [0.05, 0.1) is 19.0 Å². The summed E-state index contributed by atoms with van der Waals surface area (Å²) < 4.78 is 2.36. The van der Waals surface area contributed by atoms with Crippen LogP contribution in [0.25, 0.3) is 22.0 Å². The Kier molecular flexibility index (Phi) is 6.25. The van der Waals surface area contributed by atoms with E-state index in [1.54, 1.807) is 10.8 Å². The average Bonchev–Trinajstić information content (AvgIpc) is 2.83. The summed E-state index contributed by atoms with van der Waals surface area (Å²) in [6.45, 7) is 12.2. The van der Waals surface area contributed by atoms with Crippen molar-refractivity contribution in [3.8, 4) is 11.3 Å². The van der Waals surface area contributed by atoms with Crippen molar-refractivity contribution in [1.29, 1.82) is 0 Å². The zero-order chi connectivity index (χ0) is 24.1. The van der Waals surface area contributed by atoms with Crippen molar-refractivity contribution in [2.75, 3.05) is 0 Å². The monoisotopic (exact) mass is 470 g/mol. The standard InChI is InChI=1S/C32H44NSi/c1-23-20-27(25-10-8-7-9-11-25)22-30(24(23)2)31-29-13-12-28(21-26(29)14-17-33(31)5)34(6)18-15-32(3,4)16-19-34/h12-14,17,20-22,25H,7-11,15-16,18-19H2,1-6H3/q+1. The Labute approximate surface area is 208 Å². The lowest BCUT2D eigenvalue weighted by atomic mass is 9.81. The first-order valence-electron chi connectivity index (χ1n) is 13.7. The van der Waals surface area contributed by atoms with Gasteiger partial charge in [-0.05, 0) is 72.2 Å². The Hall–Kier alpha value is -1.93. The molecular formula is C32H44NSi+. The normalized spacial score (nSPS) is 20.5. The molecule has 0 unspecified atom stereocenters. The van der Waals surface area contributed by atoms with Gasteiger partial charge in [-0.1, -0.05) is 88.0 Å². The van der Waals surface area contributed by atoms with Crippen molar-refractivity contribution in [2.45, 2.75) is 97.2 Å². The molecule has 0 atom stereocenters. The van der Waals surface area contributed by atoms with Crippen molar-refractivity contribution in [3.63, 3.8) is 0 Å². The second-order valence-corrected chi connectivity index (χ2v) is 17.3. The Bertz CT molecular complexity index is 1210. The van der Waals surface area contributed by atoms with Crippen molar-refractivity contribution < 1.29 is 4.57 Å². The zero-order valence-electron chi connectivity index (χ0n) is 22.4. The van der Waals surface area contributed by atoms with Gasteiger partial charge in [-0.2, -0.15) is 0 Å². The molecule has 1 nitrogen and oxygen atoms in total. The highest BCUT2D eigenvalue weighted by atomic mass is 28.3. The average molecular weight is 471 g/mol. The molecule has 1 aliphatic carbocycles. The molecule has 1 saturated heterocycles. The first kappa shape index (κ1) is 23.8. The van der Waals surface area contributed by atoms with E-state index in [-0.39, 0.29) is 0 Å². The molecule has 0 bridgehead atoms. The minimum Gasteiger partial charge on any atom is -0.200 e. The summed E-state index contributed by atoms with van der Waals surface area (Å²) in [7, 11) is 0.839. The molecule has 2 aliphatic rings. The maximum absolute atomic E-state index is 2.63. The summed E-state index contributed by atoms with van der Waals surface area (Å²) in [5, 5.41) is 4.49. The van der Waals surface area contributed by atoms with Crippen LogP contribution >= 0.6 is 0 Å². The molecule has 3 aromatic rings. The maximum atomic E-state index is 2.63.